The van der Waals surface area contributed by atoms with Crippen molar-refractivity contribution in [2.75, 3.05) is 38.6 Å². The Bertz CT molecular complexity index is 786. The van der Waals surface area contributed by atoms with Gasteiger partial charge < -0.3 is 15.3 Å². The molecule has 0 unspecified atom stereocenters. The second kappa shape index (κ2) is 9.18. The molecule has 2 N–H and O–H groups in total. The first-order chi connectivity index (χ1) is 12.7. The Morgan fingerprint density at radius 3 is 2.44 bits per heavy atom. The number of carbonyl (C=O) groups is 2. The third-order valence-electron chi connectivity index (χ3n) is 4.54. The molecule has 0 bridgehead atoms. The van der Waals surface area contributed by atoms with Crippen LogP contribution in [0.25, 0.3) is 0 Å². The average molecular weight is 397 g/mol. The van der Waals surface area contributed by atoms with Gasteiger partial charge in [0.05, 0.1) is 10.5 Å². The van der Waals surface area contributed by atoms with Crippen molar-refractivity contribution < 1.29 is 23.1 Å². The quantitative estimate of drug-likeness (QED) is 0.644. The summed E-state index contributed by atoms with van der Waals surface area (Å²) in [7, 11) is -0.772. The molecule has 1 aromatic carbocycles. The van der Waals surface area contributed by atoms with E-state index in [1.807, 2.05) is 0 Å². The van der Waals surface area contributed by atoms with E-state index < -0.39 is 21.9 Å². The summed E-state index contributed by atoms with van der Waals surface area (Å²) in [5, 5.41) is 11.4. The summed E-state index contributed by atoms with van der Waals surface area (Å²) in [5.41, 5.74) is 1.01. The Morgan fingerprint density at radius 1 is 1.19 bits per heavy atom. The SMILES string of the molecule is CN(C)S(=O)(=O)c1ccc(N2CCCCC2)c(C(=O)NCCCC(=O)O)c1. The molecule has 1 saturated heterocycles. The van der Waals surface area contributed by atoms with E-state index in [0.29, 0.717) is 17.7 Å². The molecule has 150 valence electrons. The van der Waals surface area contributed by atoms with Crippen molar-refractivity contribution in [1.29, 1.82) is 0 Å². The van der Waals surface area contributed by atoms with E-state index >= 15 is 0 Å². The molecule has 1 amide bonds. The molecule has 8 nitrogen and oxygen atoms in total. The van der Waals surface area contributed by atoms with Gasteiger partial charge in [-0.2, -0.15) is 0 Å². The molecule has 27 heavy (non-hydrogen) atoms. The Morgan fingerprint density at radius 2 is 1.85 bits per heavy atom. The van der Waals surface area contributed by atoms with E-state index in [0.717, 1.165) is 36.7 Å². The van der Waals surface area contributed by atoms with Gasteiger partial charge in [-0.15, -0.1) is 0 Å². The predicted octanol–water partition coefficient (Wildman–Crippen LogP) is 1.52. The number of anilines is 1. The van der Waals surface area contributed by atoms with Crippen molar-refractivity contribution in [2.24, 2.45) is 0 Å². The summed E-state index contributed by atoms with van der Waals surface area (Å²) in [6.07, 6.45) is 3.47. The standard InChI is InChI=1S/C18H27N3O5S/c1-20(2)27(25,26)14-8-9-16(21-11-4-3-5-12-21)15(13-14)18(24)19-10-6-7-17(22)23/h8-9,13H,3-7,10-12H2,1-2H3,(H,19,24)(H,22,23). The zero-order chi connectivity index (χ0) is 20.0. The molecule has 1 aliphatic heterocycles. The number of rotatable bonds is 8. The number of nitrogens with one attached hydrogen (secondary N) is 1. The van der Waals surface area contributed by atoms with Gasteiger partial charge in [-0.05, 0) is 43.9 Å². The average Bonchev–Trinajstić information content (AvgIpc) is 2.65. The minimum Gasteiger partial charge on any atom is -0.481 e. The van der Waals surface area contributed by atoms with Crippen LogP contribution in [0.1, 0.15) is 42.5 Å². The maximum atomic E-state index is 12.7. The summed E-state index contributed by atoms with van der Waals surface area (Å²) in [4.78, 5) is 25.5. The fraction of sp³-hybridized carbons (Fsp3) is 0.556. The molecule has 0 spiro atoms. The first-order valence-electron chi connectivity index (χ1n) is 9.05. The number of sulfonamides is 1. The monoisotopic (exact) mass is 397 g/mol. The molecule has 0 saturated carbocycles. The molecule has 1 fully saturated rings. The van der Waals surface area contributed by atoms with Crippen molar-refractivity contribution in [2.45, 2.75) is 37.0 Å². The molecule has 1 heterocycles. The lowest BCUT2D eigenvalue weighted by Crippen LogP contribution is -2.33. The smallest absolute Gasteiger partial charge is 0.303 e. The summed E-state index contributed by atoms with van der Waals surface area (Å²) >= 11 is 0. The number of hydrogen-bond donors (Lipinski definition) is 2. The molecule has 1 aliphatic rings. The molecule has 9 heteroatoms. The van der Waals surface area contributed by atoms with Gasteiger partial charge >= 0.3 is 5.97 Å². The molecular formula is C18H27N3O5S. The van der Waals surface area contributed by atoms with E-state index in [4.69, 9.17) is 5.11 Å². The van der Waals surface area contributed by atoms with Crippen molar-refractivity contribution in [3.05, 3.63) is 23.8 Å². The lowest BCUT2D eigenvalue weighted by molar-refractivity contribution is -0.137. The van der Waals surface area contributed by atoms with Crippen LogP contribution in [0.3, 0.4) is 0 Å². The van der Waals surface area contributed by atoms with Crippen molar-refractivity contribution in [1.82, 2.24) is 9.62 Å². The maximum absolute atomic E-state index is 12.7. The van der Waals surface area contributed by atoms with Gasteiger partial charge in [0.15, 0.2) is 0 Å². The van der Waals surface area contributed by atoms with Gasteiger partial charge in [0.2, 0.25) is 10.0 Å². The van der Waals surface area contributed by atoms with Crippen LogP contribution < -0.4 is 10.2 Å². The Balaban J connectivity index is 2.30. The summed E-state index contributed by atoms with van der Waals surface area (Å²) in [6, 6.07) is 4.63. The number of carbonyl (C=O) groups excluding carboxylic acids is 1. The number of carboxylic acids is 1. The third-order valence-corrected chi connectivity index (χ3v) is 6.35. The highest BCUT2D eigenvalue weighted by molar-refractivity contribution is 7.89. The van der Waals surface area contributed by atoms with Gasteiger partial charge in [0.1, 0.15) is 0 Å². The van der Waals surface area contributed by atoms with E-state index in [9.17, 15) is 18.0 Å². The zero-order valence-electron chi connectivity index (χ0n) is 15.8. The van der Waals surface area contributed by atoms with Crippen molar-refractivity contribution in [3.63, 3.8) is 0 Å². The topological polar surface area (TPSA) is 107 Å². The van der Waals surface area contributed by atoms with Crippen LogP contribution in [-0.4, -0.2) is 63.4 Å². The first kappa shape index (κ1) is 21.2. The fourth-order valence-corrected chi connectivity index (χ4v) is 3.94. The Labute approximate surface area is 160 Å². The van der Waals surface area contributed by atoms with E-state index in [1.54, 1.807) is 6.07 Å². The predicted molar refractivity (Wildman–Crippen MR) is 103 cm³/mol. The number of aliphatic carboxylic acids is 1. The Kier molecular flexibility index (Phi) is 7.20. The number of amides is 1. The van der Waals surface area contributed by atoms with Crippen LogP contribution in [0.4, 0.5) is 5.69 Å². The first-order valence-corrected chi connectivity index (χ1v) is 10.5. The highest BCUT2D eigenvalue weighted by Crippen LogP contribution is 2.27. The molecule has 0 atom stereocenters. The highest BCUT2D eigenvalue weighted by Gasteiger charge is 2.24. The maximum Gasteiger partial charge on any atom is 0.303 e. The third kappa shape index (κ3) is 5.43. The molecule has 2 rings (SSSR count). The normalized spacial score (nSPS) is 15.0. The van der Waals surface area contributed by atoms with Crippen LogP contribution in [0.2, 0.25) is 0 Å². The number of carboxylic acid groups (broad SMARTS) is 1. The van der Waals surface area contributed by atoms with E-state index in [1.165, 1.54) is 26.2 Å². The van der Waals surface area contributed by atoms with Crippen molar-refractivity contribution in [3.8, 4) is 0 Å². The lowest BCUT2D eigenvalue weighted by atomic mass is 10.1. The van der Waals surface area contributed by atoms with Gasteiger partial charge in [-0.1, -0.05) is 0 Å². The van der Waals surface area contributed by atoms with Crippen LogP contribution >= 0.6 is 0 Å². The second-order valence-electron chi connectivity index (χ2n) is 6.77. The lowest BCUT2D eigenvalue weighted by Gasteiger charge is -2.30. The highest BCUT2D eigenvalue weighted by atomic mass is 32.2. The molecule has 0 radical (unpaired) electrons. The Hall–Kier alpha value is -2.13. The number of benzene rings is 1. The van der Waals surface area contributed by atoms with Gasteiger partial charge in [-0.3, -0.25) is 9.59 Å². The molecule has 1 aromatic rings. The molecule has 0 aliphatic carbocycles. The summed E-state index contributed by atoms with van der Waals surface area (Å²) in [6.45, 7) is 1.85. The largest absolute Gasteiger partial charge is 0.481 e. The fourth-order valence-electron chi connectivity index (χ4n) is 3.02. The zero-order valence-corrected chi connectivity index (χ0v) is 16.6. The second-order valence-corrected chi connectivity index (χ2v) is 8.92. The minimum atomic E-state index is -3.66. The molecule has 0 aromatic heterocycles. The summed E-state index contributed by atoms with van der Waals surface area (Å²) < 4.78 is 26.0. The minimum absolute atomic E-state index is 0.0334. The van der Waals surface area contributed by atoms with Gasteiger partial charge in [-0.25, -0.2) is 12.7 Å². The number of piperidine rings is 1. The van der Waals surface area contributed by atoms with Crippen LogP contribution in [-0.2, 0) is 14.8 Å². The van der Waals surface area contributed by atoms with Crippen LogP contribution in [0, 0.1) is 0 Å². The summed E-state index contributed by atoms with van der Waals surface area (Å²) in [5.74, 6) is -1.31. The molecular weight excluding hydrogens is 370 g/mol. The van der Waals surface area contributed by atoms with Crippen molar-refractivity contribution >= 4 is 27.6 Å². The number of nitrogens with zero attached hydrogens (tertiary/aromatic N) is 2. The van der Waals surface area contributed by atoms with E-state index in [-0.39, 0.29) is 17.9 Å². The van der Waals surface area contributed by atoms with Crippen LogP contribution in [0.15, 0.2) is 23.1 Å². The van der Waals surface area contributed by atoms with Crippen LogP contribution in [0.5, 0.6) is 0 Å². The number of hydrogen-bond acceptors (Lipinski definition) is 5. The van der Waals surface area contributed by atoms with Gasteiger partial charge in [0.25, 0.3) is 5.91 Å². The van der Waals surface area contributed by atoms with Gasteiger partial charge in [0, 0.05) is 45.8 Å². The van der Waals surface area contributed by atoms with E-state index in [2.05, 4.69) is 10.2 Å².